The van der Waals surface area contributed by atoms with E-state index in [-0.39, 0.29) is 98.5 Å². The van der Waals surface area contributed by atoms with Crippen LogP contribution in [0.15, 0.2) is 12.7 Å². The zero-order valence-electron chi connectivity index (χ0n) is 50.9. The average Bonchev–Trinajstić information content (AvgIpc) is 3.54. The molecule has 486 valence electrons. The summed E-state index contributed by atoms with van der Waals surface area (Å²) in [6.07, 6.45) is 11.0. The minimum Gasteiger partial charge on any atom is -0.465 e. The van der Waals surface area contributed by atoms with Gasteiger partial charge in [0.25, 0.3) is 0 Å². The van der Waals surface area contributed by atoms with E-state index in [4.69, 9.17) is 80.5 Å². The molecule has 0 aliphatic rings. The quantitative estimate of drug-likeness (QED) is 0.0162. The molecule has 0 spiro atoms. The van der Waals surface area contributed by atoms with E-state index in [1.165, 1.54) is 46.3 Å². The highest BCUT2D eigenvalue weighted by molar-refractivity contribution is 9.10. The summed E-state index contributed by atoms with van der Waals surface area (Å²) in [6.45, 7) is 16.8. The number of carbonyl (C=O) groups excluding carboxylic acids is 6. The van der Waals surface area contributed by atoms with Crippen LogP contribution in [0.4, 0.5) is 4.79 Å². The second-order valence-corrected chi connectivity index (χ2v) is 20.7. The molecular formula is C58H104BrNO23. The van der Waals surface area contributed by atoms with Gasteiger partial charge in [-0.1, -0.05) is 94.1 Å². The normalized spacial score (nSPS) is 12.6. The highest BCUT2D eigenvalue weighted by Gasteiger charge is 2.39. The molecule has 24 nitrogen and oxygen atoms in total. The van der Waals surface area contributed by atoms with Gasteiger partial charge in [0.2, 0.25) is 0 Å². The van der Waals surface area contributed by atoms with Crippen molar-refractivity contribution in [2.45, 2.75) is 129 Å². The lowest BCUT2D eigenvalue weighted by Gasteiger charge is -2.29. The molecule has 0 bridgehead atoms. The zero-order valence-corrected chi connectivity index (χ0v) is 52.5. The van der Waals surface area contributed by atoms with Crippen LogP contribution in [0.2, 0.25) is 0 Å². The number of amides is 1. The van der Waals surface area contributed by atoms with Crippen molar-refractivity contribution in [1.82, 2.24) is 5.32 Å². The van der Waals surface area contributed by atoms with Crippen molar-refractivity contribution in [3.05, 3.63) is 12.7 Å². The summed E-state index contributed by atoms with van der Waals surface area (Å²) in [7, 11) is 2.94. The fourth-order valence-corrected chi connectivity index (χ4v) is 8.09. The molecule has 0 fully saturated rings. The summed E-state index contributed by atoms with van der Waals surface area (Å²) in [6, 6.07) is 0. The van der Waals surface area contributed by atoms with Gasteiger partial charge in [0.05, 0.1) is 143 Å². The monoisotopic (exact) mass is 1260 g/mol. The smallest absolute Gasteiger partial charge is 0.407 e. The van der Waals surface area contributed by atoms with E-state index in [0.29, 0.717) is 85.7 Å². The number of alkyl halides is 1. The summed E-state index contributed by atoms with van der Waals surface area (Å²) in [5, 5.41) is 2.39. The second kappa shape index (κ2) is 57.5. The molecule has 0 aliphatic heterocycles. The second-order valence-electron chi connectivity index (χ2n) is 19.6. The van der Waals surface area contributed by atoms with E-state index < -0.39 is 64.3 Å². The number of esters is 5. The lowest BCUT2D eigenvalue weighted by Crippen LogP contribution is -2.36. The predicted octanol–water partition coefficient (Wildman–Crippen LogP) is 6.91. The van der Waals surface area contributed by atoms with Crippen molar-refractivity contribution in [2.75, 3.05) is 179 Å². The zero-order chi connectivity index (χ0) is 61.3. The van der Waals surface area contributed by atoms with Crippen LogP contribution in [0, 0.1) is 17.3 Å². The Balaban J connectivity index is 5.41. The third-order valence-electron chi connectivity index (χ3n) is 12.0. The summed E-state index contributed by atoms with van der Waals surface area (Å²) >= 11 is 3.36. The van der Waals surface area contributed by atoms with Crippen molar-refractivity contribution >= 4 is 51.9 Å². The van der Waals surface area contributed by atoms with Crippen molar-refractivity contribution < 1.29 is 109 Å². The molecule has 0 aromatic heterocycles. The molecule has 0 saturated heterocycles. The largest absolute Gasteiger partial charge is 0.465 e. The molecule has 3 unspecified atom stereocenters. The predicted molar refractivity (Wildman–Crippen MR) is 309 cm³/mol. The fourth-order valence-electron chi connectivity index (χ4n) is 7.51. The number of ether oxygens (including phenoxy) is 17. The molecule has 0 rings (SSSR count). The number of unbranched alkanes of at least 4 members (excludes halogenated alkanes) is 9. The molecule has 3 atom stereocenters. The van der Waals surface area contributed by atoms with Gasteiger partial charge in [-0.25, -0.2) is 9.59 Å². The van der Waals surface area contributed by atoms with Crippen LogP contribution in [0.5, 0.6) is 0 Å². The van der Waals surface area contributed by atoms with Gasteiger partial charge in [-0.05, 0) is 46.0 Å². The number of methoxy groups -OCH3 is 2. The topological polar surface area (TPSA) is 271 Å². The number of hydrogen-bond donors (Lipinski definition) is 1. The lowest BCUT2D eigenvalue weighted by atomic mass is 9.78. The molecule has 0 heterocycles. The summed E-state index contributed by atoms with van der Waals surface area (Å²) in [4.78, 5) is 77.0. The molecule has 0 aliphatic carbocycles. The first-order chi connectivity index (χ1) is 40.3. The standard InChI is InChI=1S/C58H104BrNO23/c1-8-11-12-13-14-15-16-17-18-19-22-79-53(62)48(45-50(59)55(64)81-42-43-83-57(66)60-20-23-78-51(61)10-3)44-49(46-58(4,5)56(65)82-41-39-77-47-52(67-6)68-7)54(63)80-40-38-76-37-36-75-35-34-74-33-32-73-31-30-72-29-28-71-27-26-70-25-24-69-21-9-2/h10,48-50,52H,3,8-9,11-47H2,1-2,4-7H3,(H,60,66). The molecule has 0 aromatic carbocycles. The van der Waals surface area contributed by atoms with Crippen LogP contribution in [0.1, 0.15) is 118 Å². The number of carbonyl (C=O) groups is 6. The van der Waals surface area contributed by atoms with Gasteiger partial charge in [-0.15, -0.1) is 0 Å². The van der Waals surface area contributed by atoms with Crippen LogP contribution in [-0.2, 0) is 104 Å². The van der Waals surface area contributed by atoms with Crippen LogP contribution < -0.4 is 5.32 Å². The molecule has 0 aromatic rings. The van der Waals surface area contributed by atoms with Crippen molar-refractivity contribution in [3.8, 4) is 0 Å². The first kappa shape index (κ1) is 79.4. The highest BCUT2D eigenvalue weighted by Crippen LogP contribution is 2.34. The van der Waals surface area contributed by atoms with Gasteiger partial charge in [0, 0.05) is 26.9 Å². The molecule has 25 heteroatoms. The van der Waals surface area contributed by atoms with Crippen LogP contribution >= 0.6 is 15.9 Å². The molecule has 0 radical (unpaired) electrons. The molecule has 0 saturated carbocycles. The average molecular weight is 1260 g/mol. The summed E-state index contributed by atoms with van der Waals surface area (Å²) < 4.78 is 92.1. The maximum Gasteiger partial charge on any atom is 0.407 e. The van der Waals surface area contributed by atoms with Crippen molar-refractivity contribution in [3.63, 3.8) is 0 Å². The molecule has 1 amide bonds. The van der Waals surface area contributed by atoms with Gasteiger partial charge in [-0.2, -0.15) is 0 Å². The van der Waals surface area contributed by atoms with Gasteiger partial charge in [0.1, 0.15) is 37.9 Å². The van der Waals surface area contributed by atoms with Gasteiger partial charge in [-0.3, -0.25) is 19.2 Å². The van der Waals surface area contributed by atoms with E-state index >= 15 is 0 Å². The Kier molecular flexibility index (Phi) is 55.0. The number of halogens is 1. The maximum atomic E-state index is 14.0. The van der Waals surface area contributed by atoms with Gasteiger partial charge in [0.15, 0.2) is 6.29 Å². The highest BCUT2D eigenvalue weighted by atomic mass is 79.9. The lowest BCUT2D eigenvalue weighted by molar-refractivity contribution is -0.163. The minimum absolute atomic E-state index is 0.0190. The van der Waals surface area contributed by atoms with E-state index in [0.717, 1.165) is 44.8 Å². The minimum atomic E-state index is -1.26. The third-order valence-corrected chi connectivity index (χ3v) is 12.8. The maximum absolute atomic E-state index is 14.0. The van der Waals surface area contributed by atoms with Crippen molar-refractivity contribution in [1.29, 1.82) is 0 Å². The number of rotatable bonds is 61. The first-order valence-corrected chi connectivity index (χ1v) is 30.4. The van der Waals surface area contributed by atoms with Gasteiger partial charge >= 0.3 is 35.9 Å². The Bertz CT molecular complexity index is 1610. The molecule has 83 heavy (non-hydrogen) atoms. The number of hydrogen-bond acceptors (Lipinski definition) is 23. The van der Waals surface area contributed by atoms with E-state index in [1.54, 1.807) is 13.8 Å². The number of nitrogens with one attached hydrogen (secondary N) is 1. The summed E-state index contributed by atoms with van der Waals surface area (Å²) in [5.41, 5.74) is -1.26. The fraction of sp³-hybridized carbons (Fsp3) is 0.862. The summed E-state index contributed by atoms with van der Waals surface area (Å²) in [5.74, 6) is -5.46. The van der Waals surface area contributed by atoms with E-state index in [9.17, 15) is 28.8 Å². The Hall–Kier alpha value is -3.60. The van der Waals surface area contributed by atoms with E-state index in [1.807, 2.05) is 0 Å². The third kappa shape index (κ3) is 49.2. The SMILES string of the molecule is C=CC(=O)OCCNC(=O)OCCOC(=O)C(Br)CC(CC(CC(C)(C)C(=O)OCCOCC(OC)OC)C(=O)OCCOCCOCCOCCOCCOCCOCCOCCOCCC)C(=O)OCCCCCCCCCCCC. The first-order valence-electron chi connectivity index (χ1n) is 29.5. The Morgan fingerprint density at radius 3 is 1.35 bits per heavy atom. The Morgan fingerprint density at radius 2 is 0.855 bits per heavy atom. The number of alkyl carbamates (subject to hydrolysis) is 1. The van der Waals surface area contributed by atoms with Crippen LogP contribution in [0.25, 0.3) is 0 Å². The van der Waals surface area contributed by atoms with Crippen LogP contribution in [-0.4, -0.2) is 226 Å². The van der Waals surface area contributed by atoms with Gasteiger partial charge < -0.3 is 85.8 Å². The molecular weight excluding hydrogens is 1160 g/mol. The van der Waals surface area contributed by atoms with Crippen molar-refractivity contribution in [2.24, 2.45) is 17.3 Å². The Morgan fingerprint density at radius 1 is 0.446 bits per heavy atom. The molecule has 1 N–H and O–H groups in total. The Labute approximate surface area is 502 Å². The van der Waals surface area contributed by atoms with Crippen LogP contribution in [0.3, 0.4) is 0 Å². The van der Waals surface area contributed by atoms with E-state index in [2.05, 4.69) is 41.7 Å².